The molecule has 0 aromatic heterocycles. The van der Waals surface area contributed by atoms with Crippen molar-refractivity contribution in [1.82, 2.24) is 0 Å². The van der Waals surface area contributed by atoms with Gasteiger partial charge in [-0.3, -0.25) is 0 Å². The Kier molecular flexibility index (Phi) is 1.97. The van der Waals surface area contributed by atoms with Crippen molar-refractivity contribution in [2.24, 2.45) is 4.99 Å². The van der Waals surface area contributed by atoms with Crippen LogP contribution in [0.4, 0.5) is 0 Å². The normalized spacial score (nSPS) is 36.7. The predicted molar refractivity (Wildman–Crippen MR) is 35.0 cm³/mol. The van der Waals surface area contributed by atoms with Crippen LogP contribution in [0.3, 0.4) is 0 Å². The standard InChI is InChI=1S/C7H11NO/c9-6-8-7-4-2-1-3-5-7/h7H,1-5H2/i1D. The van der Waals surface area contributed by atoms with Crippen molar-refractivity contribution >= 4 is 6.08 Å². The molecule has 0 unspecified atom stereocenters. The summed E-state index contributed by atoms with van der Waals surface area (Å²) in [6.45, 7) is 0. The van der Waals surface area contributed by atoms with Gasteiger partial charge in [-0.15, -0.1) is 0 Å². The maximum atomic E-state index is 9.82. The lowest BCUT2D eigenvalue weighted by atomic mass is 9.96. The minimum absolute atomic E-state index is 0.0816. The highest BCUT2D eigenvalue weighted by atomic mass is 16.1. The summed E-state index contributed by atoms with van der Waals surface area (Å²) >= 11 is 0. The number of rotatable bonds is 1. The van der Waals surface area contributed by atoms with Crippen LogP contribution in [0, 0.1) is 0 Å². The number of aliphatic imine (C=N–C) groups is 1. The first-order chi connectivity index (χ1) is 4.83. The van der Waals surface area contributed by atoms with Crippen LogP contribution < -0.4 is 0 Å². The first-order valence-corrected chi connectivity index (χ1v) is 3.32. The maximum absolute atomic E-state index is 9.82. The van der Waals surface area contributed by atoms with Crippen LogP contribution in [0.5, 0.6) is 0 Å². The molecule has 0 aliphatic heterocycles. The second kappa shape index (κ2) is 3.41. The molecule has 0 amide bonds. The molecular formula is C7H11NO. The zero-order valence-electron chi connectivity index (χ0n) is 6.34. The summed E-state index contributed by atoms with van der Waals surface area (Å²) in [7, 11) is 0. The minimum atomic E-state index is 0.0816. The summed E-state index contributed by atoms with van der Waals surface area (Å²) in [5, 5.41) is 0. The third kappa shape index (κ3) is 1.98. The zero-order valence-corrected chi connectivity index (χ0v) is 5.34. The molecule has 1 aliphatic rings. The number of hydrogen-bond donors (Lipinski definition) is 0. The first kappa shape index (κ1) is 5.19. The molecule has 0 bridgehead atoms. The molecule has 2 nitrogen and oxygen atoms in total. The Morgan fingerprint density at radius 1 is 1.56 bits per heavy atom. The Morgan fingerprint density at radius 3 is 2.78 bits per heavy atom. The molecule has 0 saturated heterocycles. The number of isocyanates is 1. The second-order valence-corrected chi connectivity index (χ2v) is 2.32. The van der Waals surface area contributed by atoms with E-state index in [0.717, 1.165) is 25.7 Å². The van der Waals surface area contributed by atoms with E-state index in [4.69, 9.17) is 1.37 Å². The summed E-state index contributed by atoms with van der Waals surface area (Å²) in [4.78, 5) is 13.4. The molecule has 9 heavy (non-hydrogen) atoms. The second-order valence-electron chi connectivity index (χ2n) is 2.32. The van der Waals surface area contributed by atoms with Crippen LogP contribution in [0.25, 0.3) is 0 Å². The summed E-state index contributed by atoms with van der Waals surface area (Å²) in [6.07, 6.45) is 5.20. The van der Waals surface area contributed by atoms with Crippen molar-refractivity contribution < 1.29 is 6.17 Å². The van der Waals surface area contributed by atoms with Crippen molar-refractivity contribution in [3.63, 3.8) is 0 Å². The zero-order chi connectivity index (χ0) is 7.40. The van der Waals surface area contributed by atoms with E-state index in [-0.39, 0.29) is 12.4 Å². The van der Waals surface area contributed by atoms with Gasteiger partial charge in [0.05, 0.1) is 6.04 Å². The molecule has 0 aromatic rings. The molecule has 1 saturated carbocycles. The fraction of sp³-hybridized carbons (Fsp3) is 0.857. The van der Waals surface area contributed by atoms with Gasteiger partial charge < -0.3 is 0 Å². The molecule has 50 valence electrons. The molecule has 0 aromatic carbocycles. The van der Waals surface area contributed by atoms with Crippen molar-refractivity contribution in [2.75, 3.05) is 0 Å². The van der Waals surface area contributed by atoms with Gasteiger partial charge in [-0.05, 0) is 12.8 Å². The smallest absolute Gasteiger partial charge is 0.211 e. The van der Waals surface area contributed by atoms with E-state index < -0.39 is 0 Å². The van der Waals surface area contributed by atoms with Gasteiger partial charge in [0.1, 0.15) is 0 Å². The van der Waals surface area contributed by atoms with Gasteiger partial charge in [-0.2, -0.15) is 0 Å². The number of hydrogen-bond acceptors (Lipinski definition) is 2. The monoisotopic (exact) mass is 126 g/mol. The molecule has 0 heterocycles. The molecule has 1 aliphatic carbocycles. The molecule has 0 spiro atoms. The van der Waals surface area contributed by atoms with E-state index in [1.54, 1.807) is 6.08 Å². The molecule has 0 radical (unpaired) electrons. The van der Waals surface area contributed by atoms with Crippen LogP contribution in [-0.2, 0) is 4.79 Å². The minimum Gasteiger partial charge on any atom is -0.211 e. The Morgan fingerprint density at radius 2 is 2.22 bits per heavy atom. The Balaban J connectivity index is 2.32. The molecule has 0 N–H and O–H groups in total. The van der Waals surface area contributed by atoms with E-state index in [1.165, 1.54) is 0 Å². The third-order valence-corrected chi connectivity index (χ3v) is 1.64. The van der Waals surface area contributed by atoms with Crippen LogP contribution in [0.1, 0.15) is 33.5 Å². The van der Waals surface area contributed by atoms with Gasteiger partial charge in [0, 0.05) is 1.37 Å². The summed E-state index contributed by atoms with van der Waals surface area (Å²) < 4.78 is 7.35. The lowest BCUT2D eigenvalue weighted by Gasteiger charge is -2.14. The van der Waals surface area contributed by atoms with E-state index in [9.17, 15) is 4.79 Å². The van der Waals surface area contributed by atoms with Gasteiger partial charge >= 0.3 is 0 Å². The topological polar surface area (TPSA) is 29.4 Å². The third-order valence-electron chi connectivity index (χ3n) is 1.64. The quantitative estimate of drug-likeness (QED) is 0.388. The highest BCUT2D eigenvalue weighted by Gasteiger charge is 2.10. The maximum Gasteiger partial charge on any atom is 0.235 e. The summed E-state index contributed by atoms with van der Waals surface area (Å²) in [5.74, 6) is 0. The highest BCUT2D eigenvalue weighted by molar-refractivity contribution is 5.33. The largest absolute Gasteiger partial charge is 0.235 e. The van der Waals surface area contributed by atoms with Crippen LogP contribution in [0.15, 0.2) is 4.99 Å². The number of carbonyl (C=O) groups excluding carboxylic acids is 1. The Bertz CT molecular complexity index is 146. The lowest BCUT2D eigenvalue weighted by molar-refractivity contribution is 0.439. The van der Waals surface area contributed by atoms with Gasteiger partial charge in [0.15, 0.2) is 0 Å². The highest BCUT2D eigenvalue weighted by Crippen LogP contribution is 2.19. The van der Waals surface area contributed by atoms with Gasteiger partial charge in [0.25, 0.3) is 0 Å². The molecule has 1 rings (SSSR count). The van der Waals surface area contributed by atoms with Gasteiger partial charge in [-0.25, -0.2) is 9.79 Å². The van der Waals surface area contributed by atoms with Crippen LogP contribution in [-0.4, -0.2) is 12.1 Å². The first-order valence-electron chi connectivity index (χ1n) is 3.90. The average Bonchev–Trinajstić information content (AvgIpc) is 1.95. The van der Waals surface area contributed by atoms with E-state index in [2.05, 4.69) is 4.99 Å². The molecular weight excluding hydrogens is 114 g/mol. The molecule has 2 heteroatoms. The Hall–Kier alpha value is -0.620. The summed E-state index contributed by atoms with van der Waals surface area (Å²) in [6, 6.07) is 0.166. The molecule has 1 fully saturated rings. The molecule has 0 atom stereocenters. The van der Waals surface area contributed by atoms with E-state index in [1.807, 2.05) is 0 Å². The Labute approximate surface area is 56.4 Å². The van der Waals surface area contributed by atoms with Crippen molar-refractivity contribution in [1.29, 1.82) is 0 Å². The van der Waals surface area contributed by atoms with Crippen molar-refractivity contribution in [2.45, 2.75) is 38.1 Å². The lowest BCUT2D eigenvalue weighted by Crippen LogP contribution is -2.08. The van der Waals surface area contributed by atoms with Crippen LogP contribution >= 0.6 is 0 Å². The van der Waals surface area contributed by atoms with Gasteiger partial charge in [0.2, 0.25) is 6.08 Å². The predicted octanol–water partition coefficient (Wildman–Crippen LogP) is 1.65. The fourth-order valence-corrected chi connectivity index (χ4v) is 1.11. The fourth-order valence-electron chi connectivity index (χ4n) is 1.11. The average molecular weight is 126 g/mol. The summed E-state index contributed by atoms with van der Waals surface area (Å²) in [5.41, 5.74) is 0. The van der Waals surface area contributed by atoms with Gasteiger partial charge in [-0.1, -0.05) is 19.2 Å². The van der Waals surface area contributed by atoms with Crippen molar-refractivity contribution in [3.8, 4) is 0 Å². The van der Waals surface area contributed by atoms with E-state index in [0.29, 0.717) is 0 Å². The SMILES string of the molecule is [2H]C1CCC(N=C=O)CC1. The van der Waals surface area contributed by atoms with Crippen molar-refractivity contribution in [3.05, 3.63) is 0 Å². The number of nitrogens with zero attached hydrogens (tertiary/aromatic N) is 1. The van der Waals surface area contributed by atoms with Crippen LogP contribution in [0.2, 0.25) is 0 Å². The van der Waals surface area contributed by atoms with E-state index >= 15 is 0 Å².